The molecule has 0 amide bonds. The maximum absolute atomic E-state index is 6.24. The van der Waals surface area contributed by atoms with Crippen molar-refractivity contribution in [2.75, 3.05) is 40.5 Å². The van der Waals surface area contributed by atoms with Crippen molar-refractivity contribution in [2.24, 2.45) is 0 Å². The topological polar surface area (TPSA) is 43.0 Å². The van der Waals surface area contributed by atoms with Crippen molar-refractivity contribution in [3.8, 4) is 11.5 Å². The second kappa shape index (κ2) is 7.71. The number of hydrogen-bond acceptors (Lipinski definition) is 5. The van der Waals surface area contributed by atoms with Gasteiger partial charge in [0.1, 0.15) is 0 Å². The number of morpholine rings is 1. The Morgan fingerprint density at radius 2 is 2.13 bits per heavy atom. The highest BCUT2D eigenvalue weighted by Crippen LogP contribution is 2.36. The molecule has 5 nitrogen and oxygen atoms in total. The average Bonchev–Trinajstić information content (AvgIpc) is 3.39. The van der Waals surface area contributed by atoms with E-state index in [9.17, 15) is 0 Å². The molecule has 0 aromatic heterocycles. The first-order valence-electron chi connectivity index (χ1n) is 8.18. The van der Waals surface area contributed by atoms with Crippen LogP contribution in [0.1, 0.15) is 18.4 Å². The molecule has 1 aliphatic heterocycles. The summed E-state index contributed by atoms with van der Waals surface area (Å²) in [6.07, 6.45) is 2.97. The number of nitrogens with one attached hydrogen (secondary N) is 1. The lowest BCUT2D eigenvalue weighted by atomic mass is 10.2. The van der Waals surface area contributed by atoms with Gasteiger partial charge in [0.25, 0.3) is 0 Å². The fraction of sp³-hybridized carbons (Fsp3) is 0.647. The Morgan fingerprint density at radius 1 is 1.30 bits per heavy atom. The minimum absolute atomic E-state index is 0.264. The monoisotopic (exact) mass is 340 g/mol. The summed E-state index contributed by atoms with van der Waals surface area (Å²) in [5, 5.41) is 4.03. The molecule has 1 aromatic rings. The third-order valence-electron chi connectivity index (χ3n) is 4.43. The van der Waals surface area contributed by atoms with E-state index in [1.165, 1.54) is 12.8 Å². The number of hydrogen-bond donors (Lipinski definition) is 1. The number of nitrogens with zero attached hydrogens (tertiary/aromatic N) is 1. The number of benzene rings is 1. The molecular weight excluding hydrogens is 316 g/mol. The van der Waals surface area contributed by atoms with Crippen LogP contribution in [0.2, 0.25) is 5.02 Å². The van der Waals surface area contributed by atoms with Crippen LogP contribution in [-0.2, 0) is 11.3 Å². The van der Waals surface area contributed by atoms with Gasteiger partial charge in [-0.05, 0) is 30.5 Å². The molecule has 23 heavy (non-hydrogen) atoms. The molecule has 1 N–H and O–H groups in total. The zero-order chi connectivity index (χ0) is 16.2. The number of rotatable bonds is 7. The van der Waals surface area contributed by atoms with Gasteiger partial charge >= 0.3 is 0 Å². The van der Waals surface area contributed by atoms with Gasteiger partial charge in [0.2, 0.25) is 0 Å². The molecular formula is C17H25ClN2O3. The van der Waals surface area contributed by atoms with Crippen molar-refractivity contribution in [3.05, 3.63) is 22.7 Å². The van der Waals surface area contributed by atoms with Gasteiger partial charge in [0.05, 0.1) is 32.0 Å². The number of halogens is 1. The molecule has 0 unspecified atom stereocenters. The van der Waals surface area contributed by atoms with E-state index < -0.39 is 0 Å². The Morgan fingerprint density at radius 3 is 2.83 bits per heavy atom. The van der Waals surface area contributed by atoms with E-state index in [0.29, 0.717) is 16.5 Å². The summed E-state index contributed by atoms with van der Waals surface area (Å²) in [5.41, 5.74) is 1.07. The zero-order valence-electron chi connectivity index (χ0n) is 13.8. The fourth-order valence-electron chi connectivity index (χ4n) is 3.09. The normalized spacial score (nSPS) is 22.1. The van der Waals surface area contributed by atoms with E-state index in [0.717, 1.165) is 44.4 Å². The molecule has 6 heteroatoms. The lowest BCUT2D eigenvalue weighted by molar-refractivity contribution is -0.0301. The van der Waals surface area contributed by atoms with Gasteiger partial charge in [0.15, 0.2) is 11.5 Å². The Labute approximate surface area is 142 Å². The lowest BCUT2D eigenvalue weighted by Gasteiger charge is -2.33. The largest absolute Gasteiger partial charge is 0.493 e. The quantitative estimate of drug-likeness (QED) is 0.825. The van der Waals surface area contributed by atoms with Gasteiger partial charge in [-0.25, -0.2) is 0 Å². The van der Waals surface area contributed by atoms with Crippen LogP contribution >= 0.6 is 11.6 Å². The predicted octanol–water partition coefficient (Wildman–Crippen LogP) is 2.31. The fourth-order valence-corrected chi connectivity index (χ4v) is 3.40. The van der Waals surface area contributed by atoms with Crippen molar-refractivity contribution in [3.63, 3.8) is 0 Å². The third-order valence-corrected chi connectivity index (χ3v) is 4.71. The van der Waals surface area contributed by atoms with Gasteiger partial charge < -0.3 is 19.5 Å². The highest BCUT2D eigenvalue weighted by molar-refractivity contribution is 6.32. The minimum atomic E-state index is 0.264. The summed E-state index contributed by atoms with van der Waals surface area (Å²) in [6, 6.07) is 4.68. The Kier molecular flexibility index (Phi) is 5.64. The van der Waals surface area contributed by atoms with E-state index in [1.807, 2.05) is 12.1 Å². The molecule has 128 valence electrons. The van der Waals surface area contributed by atoms with Crippen LogP contribution < -0.4 is 14.8 Å². The highest BCUT2D eigenvalue weighted by atomic mass is 35.5. The summed E-state index contributed by atoms with van der Waals surface area (Å²) >= 11 is 6.24. The lowest BCUT2D eigenvalue weighted by Crippen LogP contribution is -2.47. The molecule has 3 rings (SSSR count). The molecule has 1 saturated carbocycles. The highest BCUT2D eigenvalue weighted by Gasteiger charge is 2.32. The van der Waals surface area contributed by atoms with Crippen LogP contribution in [0, 0.1) is 0 Å². The first-order valence-corrected chi connectivity index (χ1v) is 8.56. The molecule has 0 bridgehead atoms. The summed E-state index contributed by atoms with van der Waals surface area (Å²) < 4.78 is 16.4. The van der Waals surface area contributed by atoms with E-state index in [2.05, 4.69) is 10.2 Å². The van der Waals surface area contributed by atoms with Gasteiger partial charge in [-0.2, -0.15) is 0 Å². The number of ether oxygens (including phenoxy) is 3. The average molecular weight is 341 g/mol. The van der Waals surface area contributed by atoms with Gasteiger partial charge in [-0.15, -0.1) is 0 Å². The van der Waals surface area contributed by atoms with Crippen LogP contribution in [0.5, 0.6) is 11.5 Å². The molecule has 0 radical (unpaired) electrons. The Bertz CT molecular complexity index is 537. The molecule has 1 heterocycles. The summed E-state index contributed by atoms with van der Waals surface area (Å²) in [7, 11) is 3.21. The maximum atomic E-state index is 6.24. The van der Waals surface area contributed by atoms with E-state index >= 15 is 0 Å². The van der Waals surface area contributed by atoms with Crippen molar-refractivity contribution in [2.45, 2.75) is 31.5 Å². The Balaban J connectivity index is 1.51. The van der Waals surface area contributed by atoms with Gasteiger partial charge in [-0.1, -0.05) is 11.6 Å². The van der Waals surface area contributed by atoms with E-state index in [1.54, 1.807) is 14.2 Å². The van der Waals surface area contributed by atoms with Gasteiger partial charge in [0, 0.05) is 32.2 Å². The second-order valence-corrected chi connectivity index (χ2v) is 6.57. The third kappa shape index (κ3) is 4.29. The van der Waals surface area contributed by atoms with E-state index in [4.69, 9.17) is 25.8 Å². The van der Waals surface area contributed by atoms with Crippen molar-refractivity contribution < 1.29 is 14.2 Å². The van der Waals surface area contributed by atoms with E-state index in [-0.39, 0.29) is 6.10 Å². The molecule has 1 saturated heterocycles. The minimum Gasteiger partial charge on any atom is -0.493 e. The predicted molar refractivity (Wildman–Crippen MR) is 90.6 cm³/mol. The zero-order valence-corrected chi connectivity index (χ0v) is 14.6. The SMILES string of the molecule is COc1cc(CNC[C@H]2CN(C3CC3)CCO2)cc(Cl)c1OC. The number of methoxy groups -OCH3 is 2. The molecule has 1 aliphatic carbocycles. The van der Waals surface area contributed by atoms with Crippen molar-refractivity contribution in [1.29, 1.82) is 0 Å². The van der Waals surface area contributed by atoms with Crippen LogP contribution in [0.4, 0.5) is 0 Å². The Hall–Kier alpha value is -1.01. The maximum Gasteiger partial charge on any atom is 0.179 e. The summed E-state index contributed by atoms with van der Waals surface area (Å²) in [4.78, 5) is 2.56. The van der Waals surface area contributed by atoms with Crippen LogP contribution in [0.15, 0.2) is 12.1 Å². The van der Waals surface area contributed by atoms with Crippen molar-refractivity contribution in [1.82, 2.24) is 10.2 Å². The van der Waals surface area contributed by atoms with Crippen molar-refractivity contribution >= 4 is 11.6 Å². The first kappa shape index (κ1) is 16.8. The van der Waals surface area contributed by atoms with Crippen LogP contribution in [0.3, 0.4) is 0 Å². The summed E-state index contributed by atoms with van der Waals surface area (Å²) in [5.74, 6) is 1.24. The summed E-state index contributed by atoms with van der Waals surface area (Å²) in [6.45, 7) is 4.51. The second-order valence-electron chi connectivity index (χ2n) is 6.16. The smallest absolute Gasteiger partial charge is 0.179 e. The van der Waals surface area contributed by atoms with Crippen LogP contribution in [-0.4, -0.2) is 57.5 Å². The molecule has 2 fully saturated rings. The molecule has 0 spiro atoms. The van der Waals surface area contributed by atoms with Gasteiger partial charge in [-0.3, -0.25) is 4.90 Å². The first-order chi connectivity index (χ1) is 11.2. The molecule has 1 atom stereocenters. The standard InChI is InChI=1S/C17H25ClN2O3/c1-21-16-8-12(7-15(18)17(16)22-2)9-19-10-14-11-20(5-6-23-14)13-3-4-13/h7-8,13-14,19H,3-6,9-11H2,1-2H3/t14-/m0/s1. The molecule has 1 aromatic carbocycles. The molecule has 2 aliphatic rings. The van der Waals surface area contributed by atoms with Crippen LogP contribution in [0.25, 0.3) is 0 Å².